The second kappa shape index (κ2) is 8.63. The zero-order valence-electron chi connectivity index (χ0n) is 17.6. The van der Waals surface area contributed by atoms with Gasteiger partial charge in [-0.15, -0.1) is 0 Å². The van der Waals surface area contributed by atoms with Crippen molar-refractivity contribution in [3.05, 3.63) is 77.0 Å². The molecule has 160 valence electrons. The summed E-state index contributed by atoms with van der Waals surface area (Å²) < 4.78 is 12.7. The molecule has 0 N–H and O–H groups in total. The third kappa shape index (κ3) is 4.30. The van der Waals surface area contributed by atoms with E-state index in [1.807, 2.05) is 30.5 Å². The lowest BCUT2D eigenvalue weighted by Gasteiger charge is -2.16. The van der Waals surface area contributed by atoms with Crippen LogP contribution >= 0.6 is 0 Å². The Morgan fingerprint density at radius 3 is 2.68 bits per heavy atom. The van der Waals surface area contributed by atoms with E-state index in [4.69, 9.17) is 9.15 Å². The smallest absolute Gasteiger partial charge is 0.338 e. The predicted molar refractivity (Wildman–Crippen MR) is 114 cm³/mol. The van der Waals surface area contributed by atoms with Gasteiger partial charge in [0.15, 0.2) is 6.61 Å². The Labute approximate surface area is 180 Å². The van der Waals surface area contributed by atoms with Gasteiger partial charge in [-0.3, -0.25) is 9.59 Å². The molecule has 1 amide bonds. The predicted octanol–water partition coefficient (Wildman–Crippen LogP) is 3.91. The fourth-order valence-electron chi connectivity index (χ4n) is 3.90. The second-order valence-corrected chi connectivity index (χ2v) is 7.65. The molecule has 1 aliphatic heterocycles. The summed E-state index contributed by atoms with van der Waals surface area (Å²) in [6, 6.07) is 12.3. The number of carbonyl (C=O) groups excluding carboxylic acids is 3. The number of nitrogens with zero attached hydrogens (tertiary/aromatic N) is 2. The Morgan fingerprint density at radius 2 is 1.97 bits per heavy atom. The van der Waals surface area contributed by atoms with Gasteiger partial charge in [0.2, 0.25) is 11.7 Å². The van der Waals surface area contributed by atoms with E-state index in [1.165, 1.54) is 0 Å². The molecule has 0 atom stereocenters. The first-order valence-corrected chi connectivity index (χ1v) is 10.2. The summed E-state index contributed by atoms with van der Waals surface area (Å²) in [6.07, 6.45) is 2.94. The van der Waals surface area contributed by atoms with Crippen LogP contribution in [-0.2, 0) is 16.1 Å². The van der Waals surface area contributed by atoms with Gasteiger partial charge in [0.1, 0.15) is 5.76 Å². The summed E-state index contributed by atoms with van der Waals surface area (Å²) in [5, 5.41) is 0. The number of esters is 1. The molecule has 1 fully saturated rings. The summed E-state index contributed by atoms with van der Waals surface area (Å²) in [5.74, 6) is -0.0153. The Bertz CT molecular complexity index is 1130. The molecule has 0 bridgehead atoms. The molecule has 3 heterocycles. The number of benzene rings is 1. The van der Waals surface area contributed by atoms with E-state index >= 15 is 0 Å². The molecule has 2 aromatic heterocycles. The minimum absolute atomic E-state index is 0.0469. The summed E-state index contributed by atoms with van der Waals surface area (Å²) in [7, 11) is 0. The van der Waals surface area contributed by atoms with Crippen LogP contribution in [-0.4, -0.2) is 35.4 Å². The molecule has 31 heavy (non-hydrogen) atoms. The molecular weight excluding hydrogens is 396 g/mol. The number of ketones is 1. The Balaban J connectivity index is 1.42. The third-order valence-corrected chi connectivity index (χ3v) is 5.57. The van der Waals surface area contributed by atoms with Crippen LogP contribution in [0.3, 0.4) is 0 Å². The van der Waals surface area contributed by atoms with Gasteiger partial charge >= 0.3 is 5.97 Å². The average Bonchev–Trinajstić information content (AvgIpc) is 3.50. The van der Waals surface area contributed by atoms with Crippen LogP contribution in [0.5, 0.6) is 0 Å². The lowest BCUT2D eigenvalue weighted by molar-refractivity contribution is -0.117. The first kappa shape index (κ1) is 20.7. The van der Waals surface area contributed by atoms with Crippen molar-refractivity contribution in [1.29, 1.82) is 0 Å². The molecule has 0 saturated carbocycles. The molecule has 7 heteroatoms. The summed E-state index contributed by atoms with van der Waals surface area (Å²) in [6.45, 7) is 4.60. The quantitative estimate of drug-likeness (QED) is 0.428. The normalized spacial score (nSPS) is 13.6. The number of ether oxygens (including phenoxy) is 1. The van der Waals surface area contributed by atoms with Gasteiger partial charge in [0, 0.05) is 35.6 Å². The zero-order chi connectivity index (χ0) is 22.0. The van der Waals surface area contributed by atoms with E-state index in [2.05, 4.69) is 0 Å². The fourth-order valence-corrected chi connectivity index (χ4v) is 3.90. The molecule has 3 aromatic rings. The topological polar surface area (TPSA) is 81.8 Å². The zero-order valence-corrected chi connectivity index (χ0v) is 17.6. The highest BCUT2D eigenvalue weighted by molar-refractivity contribution is 6.01. The van der Waals surface area contributed by atoms with Crippen molar-refractivity contribution >= 4 is 23.3 Å². The van der Waals surface area contributed by atoms with E-state index in [1.54, 1.807) is 41.5 Å². The van der Waals surface area contributed by atoms with E-state index in [9.17, 15) is 14.4 Å². The van der Waals surface area contributed by atoms with Gasteiger partial charge in [-0.1, -0.05) is 6.07 Å². The standard InChI is InChI=1S/C24H24N2O5/c1-16-12-21(17(2)26(16)14-20-8-5-11-30-20)22(27)15-31-24(29)18-6-3-7-19(13-18)25-10-4-9-23(25)28/h3,5-8,11-13H,4,9-10,14-15H2,1-2H3. The van der Waals surface area contributed by atoms with E-state index < -0.39 is 5.97 Å². The van der Waals surface area contributed by atoms with Crippen LogP contribution < -0.4 is 4.90 Å². The molecule has 0 aliphatic carbocycles. The number of carbonyl (C=O) groups is 3. The van der Waals surface area contributed by atoms with Crippen LogP contribution in [0.15, 0.2) is 53.1 Å². The number of amides is 1. The summed E-state index contributed by atoms with van der Waals surface area (Å²) in [4.78, 5) is 38.8. The van der Waals surface area contributed by atoms with Gasteiger partial charge in [0.05, 0.1) is 18.4 Å². The molecule has 0 unspecified atom stereocenters. The number of furan rings is 1. The van der Waals surface area contributed by atoms with Crippen LogP contribution in [0.1, 0.15) is 50.7 Å². The number of hydrogen-bond donors (Lipinski definition) is 0. The number of anilines is 1. The minimum Gasteiger partial charge on any atom is -0.467 e. The number of Topliss-reactive ketones (excluding diaryl/α,β-unsaturated/α-hetero) is 1. The maximum Gasteiger partial charge on any atom is 0.338 e. The van der Waals surface area contributed by atoms with E-state index in [0.29, 0.717) is 36.3 Å². The lowest BCUT2D eigenvalue weighted by atomic mass is 10.1. The van der Waals surface area contributed by atoms with E-state index in [-0.39, 0.29) is 18.3 Å². The molecule has 7 nitrogen and oxygen atoms in total. The monoisotopic (exact) mass is 420 g/mol. The fraction of sp³-hybridized carbons (Fsp3) is 0.292. The SMILES string of the molecule is Cc1cc(C(=O)COC(=O)c2cccc(N3CCCC3=O)c2)c(C)n1Cc1ccco1. The van der Waals surface area contributed by atoms with Gasteiger partial charge in [-0.2, -0.15) is 0 Å². The van der Waals surface area contributed by atoms with Gasteiger partial charge in [-0.25, -0.2) is 4.79 Å². The number of aryl methyl sites for hydroxylation is 1. The lowest BCUT2D eigenvalue weighted by Crippen LogP contribution is -2.24. The molecule has 4 rings (SSSR count). The van der Waals surface area contributed by atoms with Crippen molar-refractivity contribution in [2.24, 2.45) is 0 Å². The molecular formula is C24H24N2O5. The molecule has 1 aliphatic rings. The van der Waals surface area contributed by atoms with Gasteiger partial charge in [0.25, 0.3) is 0 Å². The largest absolute Gasteiger partial charge is 0.467 e. The van der Waals surface area contributed by atoms with Crippen LogP contribution in [0.2, 0.25) is 0 Å². The number of hydrogen-bond acceptors (Lipinski definition) is 5. The van der Waals surface area contributed by atoms with Crippen LogP contribution in [0, 0.1) is 13.8 Å². The first-order chi connectivity index (χ1) is 14.9. The number of aromatic nitrogens is 1. The van der Waals surface area contributed by atoms with Gasteiger partial charge in [-0.05, 0) is 56.7 Å². The highest BCUT2D eigenvalue weighted by Crippen LogP contribution is 2.23. The average molecular weight is 420 g/mol. The Morgan fingerprint density at radius 1 is 1.13 bits per heavy atom. The summed E-state index contributed by atoms with van der Waals surface area (Å²) >= 11 is 0. The van der Waals surface area contributed by atoms with E-state index in [0.717, 1.165) is 23.6 Å². The minimum atomic E-state index is -0.591. The number of rotatable bonds is 7. The van der Waals surface area contributed by atoms with Crippen LogP contribution in [0.4, 0.5) is 5.69 Å². The highest BCUT2D eigenvalue weighted by atomic mass is 16.5. The van der Waals surface area contributed by atoms with Crippen molar-refractivity contribution in [3.63, 3.8) is 0 Å². The first-order valence-electron chi connectivity index (χ1n) is 10.2. The van der Waals surface area contributed by atoms with Crippen molar-refractivity contribution in [3.8, 4) is 0 Å². The van der Waals surface area contributed by atoms with Crippen LogP contribution in [0.25, 0.3) is 0 Å². The molecule has 1 saturated heterocycles. The Kier molecular flexibility index (Phi) is 5.75. The van der Waals surface area contributed by atoms with Crippen molar-refractivity contribution in [1.82, 2.24) is 4.57 Å². The summed E-state index contributed by atoms with van der Waals surface area (Å²) in [5.41, 5.74) is 3.22. The third-order valence-electron chi connectivity index (χ3n) is 5.57. The highest BCUT2D eigenvalue weighted by Gasteiger charge is 2.23. The molecule has 1 aromatic carbocycles. The van der Waals surface area contributed by atoms with Gasteiger partial charge < -0.3 is 18.6 Å². The molecule has 0 spiro atoms. The Hall–Kier alpha value is -3.61. The van der Waals surface area contributed by atoms with Crippen molar-refractivity contribution in [2.75, 3.05) is 18.1 Å². The maximum absolute atomic E-state index is 12.7. The molecule has 0 radical (unpaired) electrons. The maximum atomic E-state index is 12.7. The van der Waals surface area contributed by atoms with Crippen molar-refractivity contribution in [2.45, 2.75) is 33.2 Å². The van der Waals surface area contributed by atoms with Crippen molar-refractivity contribution < 1.29 is 23.5 Å². The second-order valence-electron chi connectivity index (χ2n) is 7.65.